The van der Waals surface area contributed by atoms with Gasteiger partial charge in [-0.05, 0) is 12.1 Å². The fourth-order valence-electron chi connectivity index (χ4n) is 0.277. The van der Waals surface area contributed by atoms with Crippen molar-refractivity contribution >= 4 is 17.8 Å². The van der Waals surface area contributed by atoms with Gasteiger partial charge in [0.15, 0.2) is 0 Å². The summed E-state index contributed by atoms with van der Waals surface area (Å²) in [7, 11) is 3.78. The van der Waals surface area contributed by atoms with Crippen LogP contribution in [0.2, 0.25) is 0 Å². The second-order valence-electron chi connectivity index (χ2n) is 1.65. The Kier molecular flexibility index (Phi) is 9.57. The van der Waals surface area contributed by atoms with E-state index in [1.807, 2.05) is 25.9 Å². The van der Waals surface area contributed by atoms with Crippen molar-refractivity contribution in [1.29, 1.82) is 0 Å². The Bertz CT molecular complexity index is 93.0. The minimum absolute atomic E-state index is 0. The second-order valence-corrected chi connectivity index (χ2v) is 2.02. The smallest absolute Gasteiger partial charge is 0.743 e. The Balaban J connectivity index is 0. The van der Waals surface area contributed by atoms with E-state index in [4.69, 9.17) is 12.6 Å². The largest absolute Gasteiger partial charge is 3.00 e. The third-order valence-corrected chi connectivity index (χ3v) is 1.17. The molecule has 0 aromatic heterocycles. The van der Waals surface area contributed by atoms with E-state index < -0.39 is 0 Å². The number of hydrogen-bond donors (Lipinski definition) is 0. The van der Waals surface area contributed by atoms with Gasteiger partial charge in [0.05, 0.1) is 0 Å². The standard InChI is InChI=1S/C5H12N2S.Y/c1-4-6-5(8)7(2)3;/h4H2,1-3H3,(H,6,8);/q;+3/p-1. The summed E-state index contributed by atoms with van der Waals surface area (Å²) in [6.07, 6.45) is 0. The molecular formula is C5H11N2SY+2. The van der Waals surface area contributed by atoms with E-state index in [0.717, 1.165) is 6.54 Å². The van der Waals surface area contributed by atoms with Gasteiger partial charge < -0.3 is 17.5 Å². The van der Waals surface area contributed by atoms with Crippen LogP contribution in [-0.2, 0) is 45.3 Å². The van der Waals surface area contributed by atoms with Crippen LogP contribution in [0.5, 0.6) is 0 Å². The molecule has 0 rings (SSSR count). The number of amidine groups is 1. The minimum Gasteiger partial charge on any atom is -0.743 e. The van der Waals surface area contributed by atoms with E-state index in [9.17, 15) is 0 Å². The molecule has 9 heavy (non-hydrogen) atoms. The Hall–Kier alpha value is 0.794. The van der Waals surface area contributed by atoms with Crippen molar-refractivity contribution in [2.24, 2.45) is 4.99 Å². The maximum Gasteiger partial charge on any atom is 3.00 e. The summed E-state index contributed by atoms with van der Waals surface area (Å²) < 4.78 is 0. The summed E-state index contributed by atoms with van der Waals surface area (Å²) in [6.45, 7) is 2.74. The van der Waals surface area contributed by atoms with Crippen LogP contribution in [0.15, 0.2) is 4.99 Å². The van der Waals surface area contributed by atoms with Crippen LogP contribution in [0.1, 0.15) is 6.92 Å². The zero-order chi connectivity index (χ0) is 6.57. The molecule has 0 aliphatic carbocycles. The van der Waals surface area contributed by atoms with Crippen LogP contribution in [0.4, 0.5) is 0 Å². The van der Waals surface area contributed by atoms with E-state index >= 15 is 0 Å². The van der Waals surface area contributed by atoms with Gasteiger partial charge in [0.1, 0.15) is 0 Å². The minimum atomic E-state index is 0. The van der Waals surface area contributed by atoms with E-state index in [-0.39, 0.29) is 32.7 Å². The molecule has 0 unspecified atom stereocenters. The molecule has 0 saturated carbocycles. The summed E-state index contributed by atoms with van der Waals surface area (Å²) in [5.74, 6) is 0. The molecule has 0 aliphatic heterocycles. The van der Waals surface area contributed by atoms with Gasteiger partial charge in [-0.15, -0.1) is 0 Å². The molecule has 2 nitrogen and oxygen atoms in total. The topological polar surface area (TPSA) is 15.6 Å². The quantitative estimate of drug-likeness (QED) is 0.362. The fraction of sp³-hybridized carbons (Fsp3) is 0.800. The summed E-state index contributed by atoms with van der Waals surface area (Å²) in [5.41, 5.74) is 0. The van der Waals surface area contributed by atoms with Crippen LogP contribution >= 0.6 is 0 Å². The molecule has 0 spiro atoms. The van der Waals surface area contributed by atoms with E-state index in [2.05, 4.69) is 4.99 Å². The molecule has 0 bridgehead atoms. The molecular weight excluding hydrogens is 209 g/mol. The Morgan fingerprint density at radius 3 is 2.11 bits per heavy atom. The molecule has 0 aliphatic rings. The van der Waals surface area contributed by atoms with Gasteiger partial charge in [-0.1, -0.05) is 0 Å². The summed E-state index contributed by atoms with van der Waals surface area (Å²) in [5, 5.41) is 0.674. The zero-order valence-electron chi connectivity index (χ0n) is 6.09. The van der Waals surface area contributed by atoms with Crippen molar-refractivity contribution in [3.8, 4) is 0 Å². The van der Waals surface area contributed by atoms with Crippen LogP contribution in [0, 0.1) is 0 Å². The molecule has 0 aromatic carbocycles. The van der Waals surface area contributed by atoms with E-state index in [1.54, 1.807) is 0 Å². The van der Waals surface area contributed by atoms with E-state index in [0.29, 0.717) is 5.17 Å². The molecule has 0 heterocycles. The summed E-state index contributed by atoms with van der Waals surface area (Å²) in [4.78, 5) is 5.80. The van der Waals surface area contributed by atoms with Gasteiger partial charge in [0, 0.05) is 20.6 Å². The van der Waals surface area contributed by atoms with Gasteiger partial charge in [0.2, 0.25) is 0 Å². The van der Waals surface area contributed by atoms with Gasteiger partial charge in [0.25, 0.3) is 0 Å². The summed E-state index contributed by atoms with van der Waals surface area (Å²) >= 11 is 4.84. The first kappa shape index (κ1) is 12.5. The molecule has 4 heteroatoms. The fourth-order valence-corrected chi connectivity index (χ4v) is 0.406. The molecule has 0 aromatic rings. The first-order valence-corrected chi connectivity index (χ1v) is 2.98. The Morgan fingerprint density at radius 1 is 1.56 bits per heavy atom. The number of nitrogens with zero attached hydrogens (tertiary/aromatic N) is 2. The average molecular weight is 220 g/mol. The first-order valence-electron chi connectivity index (χ1n) is 2.57. The third-order valence-electron chi connectivity index (χ3n) is 0.676. The van der Waals surface area contributed by atoms with Crippen molar-refractivity contribution in [2.45, 2.75) is 6.92 Å². The number of aliphatic imine (C=N–C) groups is 1. The monoisotopic (exact) mass is 220 g/mol. The van der Waals surface area contributed by atoms with Crippen LogP contribution < -0.4 is 0 Å². The zero-order valence-corrected chi connectivity index (χ0v) is 9.74. The van der Waals surface area contributed by atoms with Crippen LogP contribution in [0.25, 0.3) is 0 Å². The second kappa shape index (κ2) is 6.91. The molecule has 0 atom stereocenters. The van der Waals surface area contributed by atoms with Crippen LogP contribution in [0.3, 0.4) is 0 Å². The van der Waals surface area contributed by atoms with E-state index in [1.165, 1.54) is 0 Å². The van der Waals surface area contributed by atoms with Crippen LogP contribution in [-0.4, -0.2) is 30.7 Å². The molecule has 0 saturated heterocycles. The SMILES string of the molecule is CCN=C([S-])N(C)C.[Y+3]. The van der Waals surface area contributed by atoms with Gasteiger partial charge in [-0.2, -0.15) is 0 Å². The summed E-state index contributed by atoms with van der Waals surface area (Å²) in [6, 6.07) is 0. The normalized spacial score (nSPS) is 10.3. The maximum absolute atomic E-state index is 4.84. The average Bonchev–Trinajstić information content (AvgIpc) is 1.67. The predicted octanol–water partition coefficient (Wildman–Crippen LogP) is 0.468. The Morgan fingerprint density at radius 2 is 2.00 bits per heavy atom. The molecule has 0 N–H and O–H groups in total. The predicted molar refractivity (Wildman–Crippen MR) is 39.0 cm³/mol. The van der Waals surface area contributed by atoms with Gasteiger partial charge >= 0.3 is 32.7 Å². The third kappa shape index (κ3) is 6.68. The van der Waals surface area contributed by atoms with Crippen molar-refractivity contribution in [3.63, 3.8) is 0 Å². The van der Waals surface area contributed by atoms with Gasteiger partial charge in [-0.3, -0.25) is 4.99 Å². The van der Waals surface area contributed by atoms with Crippen molar-refractivity contribution in [3.05, 3.63) is 0 Å². The number of rotatable bonds is 1. The molecule has 0 fully saturated rings. The first-order chi connectivity index (χ1) is 3.68. The van der Waals surface area contributed by atoms with Crippen molar-refractivity contribution in [2.75, 3.05) is 20.6 Å². The maximum atomic E-state index is 4.84. The van der Waals surface area contributed by atoms with Gasteiger partial charge in [-0.25, -0.2) is 0 Å². The molecule has 48 valence electrons. The van der Waals surface area contributed by atoms with Crippen molar-refractivity contribution in [1.82, 2.24) is 4.90 Å². The Labute approximate surface area is 87.4 Å². The molecule has 0 radical (unpaired) electrons. The van der Waals surface area contributed by atoms with Crippen molar-refractivity contribution < 1.29 is 32.7 Å². The number of hydrogen-bond acceptors (Lipinski definition) is 2. The molecule has 0 amide bonds.